The van der Waals surface area contributed by atoms with Crippen molar-refractivity contribution in [2.45, 2.75) is 33.1 Å². The maximum Gasteiger partial charge on any atom is 0.143 e. The van der Waals surface area contributed by atoms with E-state index in [4.69, 9.17) is 0 Å². The molecule has 1 nitrogen and oxygen atoms in total. The minimum Gasteiger partial charge on any atom is -0.299 e. The van der Waals surface area contributed by atoms with E-state index in [2.05, 4.69) is 13.8 Å². The Labute approximate surface area is 79.3 Å². The number of ketones is 1. The van der Waals surface area contributed by atoms with Crippen LogP contribution in [0.25, 0.3) is 0 Å². The van der Waals surface area contributed by atoms with E-state index < -0.39 is 0 Å². The summed E-state index contributed by atoms with van der Waals surface area (Å²) in [5.41, 5.74) is 0. The Bertz CT molecular complexity index is 150. The van der Waals surface area contributed by atoms with Crippen molar-refractivity contribution in [3.8, 4) is 0 Å². The molecule has 1 aliphatic carbocycles. The highest BCUT2D eigenvalue weighted by Gasteiger charge is 2.23. The first-order chi connectivity index (χ1) is 5.68. The van der Waals surface area contributed by atoms with Gasteiger partial charge in [0.15, 0.2) is 0 Å². The van der Waals surface area contributed by atoms with E-state index in [0.29, 0.717) is 11.7 Å². The highest BCUT2D eigenvalue weighted by atomic mass is 32.2. The van der Waals surface area contributed by atoms with E-state index in [0.717, 1.165) is 23.8 Å². The molecule has 0 aromatic rings. The lowest BCUT2D eigenvalue weighted by molar-refractivity contribution is -0.116. The Morgan fingerprint density at radius 3 is 2.67 bits per heavy atom. The number of carbonyl (C=O) groups excluding carboxylic acids is 1. The van der Waals surface area contributed by atoms with Crippen molar-refractivity contribution >= 4 is 17.5 Å². The van der Waals surface area contributed by atoms with Crippen LogP contribution in [-0.4, -0.2) is 17.3 Å². The molecule has 12 heavy (non-hydrogen) atoms. The molecule has 0 aliphatic heterocycles. The summed E-state index contributed by atoms with van der Waals surface area (Å²) in [6, 6.07) is 0. The van der Waals surface area contributed by atoms with Crippen molar-refractivity contribution in [1.82, 2.24) is 0 Å². The first-order valence-electron chi connectivity index (χ1n) is 4.78. The third-order valence-electron chi connectivity index (χ3n) is 1.93. The van der Waals surface area contributed by atoms with E-state index in [-0.39, 0.29) is 0 Å². The topological polar surface area (TPSA) is 17.1 Å². The molecule has 2 heteroatoms. The number of hydrogen-bond acceptors (Lipinski definition) is 2. The van der Waals surface area contributed by atoms with Crippen LogP contribution in [0.1, 0.15) is 33.1 Å². The molecule has 1 saturated carbocycles. The zero-order valence-corrected chi connectivity index (χ0v) is 8.82. The third kappa shape index (κ3) is 4.81. The molecule has 0 heterocycles. The van der Waals surface area contributed by atoms with Crippen LogP contribution in [-0.2, 0) is 4.79 Å². The van der Waals surface area contributed by atoms with Gasteiger partial charge in [0, 0.05) is 6.42 Å². The van der Waals surface area contributed by atoms with Crippen LogP contribution >= 0.6 is 11.8 Å². The number of thioether (sulfide) groups is 1. The normalized spacial score (nSPS) is 16.9. The van der Waals surface area contributed by atoms with Crippen molar-refractivity contribution < 1.29 is 4.79 Å². The third-order valence-corrected chi connectivity index (χ3v) is 3.36. The quantitative estimate of drug-likeness (QED) is 0.634. The van der Waals surface area contributed by atoms with Crippen molar-refractivity contribution in [3.63, 3.8) is 0 Å². The fourth-order valence-corrected chi connectivity index (χ4v) is 2.05. The van der Waals surface area contributed by atoms with Gasteiger partial charge in [-0.1, -0.05) is 13.8 Å². The molecule has 1 rings (SSSR count). The van der Waals surface area contributed by atoms with Crippen molar-refractivity contribution in [1.29, 1.82) is 0 Å². The summed E-state index contributed by atoms with van der Waals surface area (Å²) < 4.78 is 0. The zero-order chi connectivity index (χ0) is 8.97. The average molecular weight is 186 g/mol. The molecule has 0 N–H and O–H groups in total. The van der Waals surface area contributed by atoms with Crippen LogP contribution in [0, 0.1) is 11.8 Å². The Hall–Kier alpha value is 0.0200. The van der Waals surface area contributed by atoms with E-state index in [1.807, 2.05) is 0 Å². The minimum absolute atomic E-state index is 0.461. The van der Waals surface area contributed by atoms with Crippen molar-refractivity contribution in [3.05, 3.63) is 0 Å². The highest BCUT2D eigenvalue weighted by molar-refractivity contribution is 7.99. The van der Waals surface area contributed by atoms with Gasteiger partial charge in [0.2, 0.25) is 0 Å². The van der Waals surface area contributed by atoms with Gasteiger partial charge in [0.05, 0.1) is 5.75 Å². The summed E-state index contributed by atoms with van der Waals surface area (Å²) in [6.45, 7) is 4.39. The van der Waals surface area contributed by atoms with Crippen molar-refractivity contribution in [2.75, 3.05) is 11.5 Å². The van der Waals surface area contributed by atoms with E-state index in [9.17, 15) is 4.79 Å². The minimum atomic E-state index is 0.461. The number of rotatable bonds is 6. The molecule has 0 spiro atoms. The van der Waals surface area contributed by atoms with Crippen LogP contribution in [0.5, 0.6) is 0 Å². The Morgan fingerprint density at radius 2 is 2.17 bits per heavy atom. The van der Waals surface area contributed by atoms with Crippen molar-refractivity contribution in [2.24, 2.45) is 11.8 Å². The van der Waals surface area contributed by atoms with Gasteiger partial charge in [-0.25, -0.2) is 0 Å². The first-order valence-corrected chi connectivity index (χ1v) is 5.93. The van der Waals surface area contributed by atoms with Gasteiger partial charge in [-0.3, -0.25) is 4.79 Å². The number of carbonyl (C=O) groups is 1. The molecule has 1 aliphatic rings. The second-order valence-electron chi connectivity index (χ2n) is 4.10. The Kier molecular flexibility index (Phi) is 4.13. The summed E-state index contributed by atoms with van der Waals surface area (Å²) in [5.74, 6) is 3.80. The lowest BCUT2D eigenvalue weighted by Gasteiger charge is -2.02. The van der Waals surface area contributed by atoms with E-state index in [1.54, 1.807) is 11.8 Å². The summed E-state index contributed by atoms with van der Waals surface area (Å²) in [4.78, 5) is 11.3. The second kappa shape index (κ2) is 4.90. The molecule has 70 valence electrons. The lowest BCUT2D eigenvalue weighted by Crippen LogP contribution is -2.04. The SMILES string of the molecule is CC(C)CSCC(=O)CC1CC1. The monoisotopic (exact) mass is 186 g/mol. The Balaban J connectivity index is 1.94. The van der Waals surface area contributed by atoms with Gasteiger partial charge in [-0.15, -0.1) is 0 Å². The molecular formula is C10H18OS. The first kappa shape index (κ1) is 10.1. The molecular weight excluding hydrogens is 168 g/mol. The molecule has 0 radical (unpaired) electrons. The standard InChI is InChI=1S/C10H18OS/c1-8(2)6-12-7-10(11)5-9-3-4-9/h8-9H,3-7H2,1-2H3. The molecule has 0 saturated heterocycles. The number of hydrogen-bond donors (Lipinski definition) is 0. The van der Waals surface area contributed by atoms with Gasteiger partial charge >= 0.3 is 0 Å². The van der Waals surface area contributed by atoms with E-state index >= 15 is 0 Å². The molecule has 0 unspecified atom stereocenters. The van der Waals surface area contributed by atoms with Gasteiger partial charge in [0.25, 0.3) is 0 Å². The smallest absolute Gasteiger partial charge is 0.143 e. The molecule has 0 aromatic heterocycles. The number of Topliss-reactive ketones (excluding diaryl/α,β-unsaturated/α-hetero) is 1. The second-order valence-corrected chi connectivity index (χ2v) is 5.13. The van der Waals surface area contributed by atoms with E-state index in [1.165, 1.54) is 12.8 Å². The predicted molar refractivity (Wildman–Crippen MR) is 54.5 cm³/mol. The van der Waals surface area contributed by atoms with Crippen LogP contribution in [0.4, 0.5) is 0 Å². The van der Waals surface area contributed by atoms with Crippen LogP contribution in [0.3, 0.4) is 0 Å². The van der Waals surface area contributed by atoms with Crippen LogP contribution < -0.4 is 0 Å². The molecule has 1 fully saturated rings. The molecule has 0 bridgehead atoms. The Morgan fingerprint density at radius 1 is 1.50 bits per heavy atom. The summed E-state index contributed by atoms with van der Waals surface area (Å²) in [6.07, 6.45) is 3.44. The van der Waals surface area contributed by atoms with Gasteiger partial charge < -0.3 is 0 Å². The van der Waals surface area contributed by atoms with Gasteiger partial charge in [0.1, 0.15) is 5.78 Å². The van der Waals surface area contributed by atoms with Crippen LogP contribution in [0.2, 0.25) is 0 Å². The fourth-order valence-electron chi connectivity index (χ4n) is 1.11. The summed E-state index contributed by atoms with van der Waals surface area (Å²) in [7, 11) is 0. The zero-order valence-electron chi connectivity index (χ0n) is 8.01. The van der Waals surface area contributed by atoms with Crippen LogP contribution in [0.15, 0.2) is 0 Å². The average Bonchev–Trinajstić information content (AvgIpc) is 2.70. The largest absolute Gasteiger partial charge is 0.299 e. The summed E-state index contributed by atoms with van der Waals surface area (Å²) >= 11 is 1.79. The molecule has 0 atom stereocenters. The van der Waals surface area contributed by atoms with Gasteiger partial charge in [-0.05, 0) is 30.4 Å². The lowest BCUT2D eigenvalue weighted by atomic mass is 10.2. The fraction of sp³-hybridized carbons (Fsp3) is 0.900. The van der Waals surface area contributed by atoms with Gasteiger partial charge in [-0.2, -0.15) is 11.8 Å². The highest BCUT2D eigenvalue weighted by Crippen LogP contribution is 2.32. The molecule has 0 amide bonds. The maximum atomic E-state index is 11.3. The summed E-state index contributed by atoms with van der Waals surface area (Å²) in [5, 5.41) is 0. The molecule has 0 aromatic carbocycles. The predicted octanol–water partition coefficient (Wildman–Crippen LogP) is 2.74. The maximum absolute atomic E-state index is 11.3.